The lowest BCUT2D eigenvalue weighted by atomic mass is 10.2. The minimum Gasteiger partial charge on any atom is -0.377 e. The summed E-state index contributed by atoms with van der Waals surface area (Å²) in [5.41, 5.74) is -4.94. The summed E-state index contributed by atoms with van der Waals surface area (Å²) in [4.78, 5) is 4.54. The zero-order chi connectivity index (χ0) is 18.1. The highest BCUT2D eigenvalue weighted by atomic mass is 79.9. The second-order valence-electron chi connectivity index (χ2n) is 4.51. The third-order valence-electron chi connectivity index (χ3n) is 2.72. The highest BCUT2D eigenvalue weighted by Crippen LogP contribution is 2.35. The molecule has 0 radical (unpaired) electrons. The number of aryl methyl sites for hydroxylation is 1. The number of hydrogen-bond acceptors (Lipinski definition) is 6. The fourth-order valence-electron chi connectivity index (χ4n) is 1.58. The van der Waals surface area contributed by atoms with Gasteiger partial charge >= 0.3 is 15.6 Å². The van der Waals surface area contributed by atoms with Crippen molar-refractivity contribution in [3.63, 3.8) is 0 Å². The van der Waals surface area contributed by atoms with Crippen LogP contribution in [0.25, 0.3) is 0 Å². The van der Waals surface area contributed by atoms with Crippen molar-refractivity contribution in [3.05, 3.63) is 37.7 Å². The normalized spacial score (nSPS) is 12.2. The molecule has 0 fully saturated rings. The van der Waals surface area contributed by atoms with Crippen molar-refractivity contribution in [3.8, 4) is 5.75 Å². The van der Waals surface area contributed by atoms with E-state index in [1.54, 1.807) is 6.92 Å². The molecule has 0 aliphatic carbocycles. The molecule has 2 aromatic rings. The molecule has 0 unspecified atom stereocenters. The molecule has 0 saturated carbocycles. The zero-order valence-corrected chi connectivity index (χ0v) is 15.8. The fraction of sp³-hybridized carbons (Fsp3) is 0.250. The van der Waals surface area contributed by atoms with E-state index in [2.05, 4.69) is 30.4 Å². The van der Waals surface area contributed by atoms with Crippen molar-refractivity contribution in [1.29, 1.82) is 0 Å². The Morgan fingerprint density at radius 3 is 2.62 bits per heavy atom. The number of nitrogens with zero attached hydrogens (tertiary/aromatic N) is 1. The molecule has 2 rings (SSSR count). The molecule has 0 spiro atoms. The van der Waals surface area contributed by atoms with E-state index in [4.69, 9.17) is 11.6 Å². The molecule has 24 heavy (non-hydrogen) atoms. The summed E-state index contributed by atoms with van der Waals surface area (Å²) in [6, 6.07) is 2.62. The molecule has 12 heteroatoms. The number of rotatable bonds is 5. The van der Waals surface area contributed by atoms with E-state index in [-0.39, 0.29) is 12.2 Å². The van der Waals surface area contributed by atoms with Crippen molar-refractivity contribution in [2.75, 3.05) is 5.32 Å². The van der Waals surface area contributed by atoms with Crippen LogP contribution >= 0.6 is 38.9 Å². The van der Waals surface area contributed by atoms with Gasteiger partial charge in [-0.25, -0.2) is 4.98 Å². The van der Waals surface area contributed by atoms with Gasteiger partial charge in [-0.1, -0.05) is 27.5 Å². The van der Waals surface area contributed by atoms with Crippen LogP contribution in [0.15, 0.2) is 22.8 Å². The molecule has 1 aromatic carbocycles. The van der Waals surface area contributed by atoms with Gasteiger partial charge in [-0.05, 0) is 24.6 Å². The lowest BCUT2D eigenvalue weighted by Crippen LogP contribution is -2.28. The molecule has 1 N–H and O–H groups in total. The average Bonchev–Trinajstić information content (AvgIpc) is 2.85. The lowest BCUT2D eigenvalue weighted by Gasteiger charge is -2.15. The first-order chi connectivity index (χ1) is 11.0. The van der Waals surface area contributed by atoms with Crippen LogP contribution in [-0.2, 0) is 16.7 Å². The molecular formula is C12H9BrClF3N2O3S2. The quantitative estimate of drug-likeness (QED) is 0.512. The van der Waals surface area contributed by atoms with Crippen LogP contribution in [0.5, 0.6) is 5.75 Å². The fourth-order valence-corrected chi connectivity index (χ4v) is 3.30. The van der Waals surface area contributed by atoms with E-state index in [1.807, 2.05) is 0 Å². The minimum atomic E-state index is -5.77. The van der Waals surface area contributed by atoms with Gasteiger partial charge in [0.2, 0.25) is 0 Å². The third-order valence-corrected chi connectivity index (χ3v) is 5.66. The number of hydrogen-bond donors (Lipinski definition) is 1. The SMILES string of the molecule is Cc1cc(OS(=O)(=O)C(F)(F)F)c(NCc2cnc(Cl)s2)cc1Br. The highest BCUT2D eigenvalue weighted by molar-refractivity contribution is 9.10. The van der Waals surface area contributed by atoms with Crippen LogP contribution in [0.4, 0.5) is 18.9 Å². The standard InChI is InChI=1S/C12H9BrClF3N2O3S2/c1-6-2-10(22-24(20,21)12(15,16)17)9(3-8(6)13)18-4-7-5-19-11(14)23-7/h2-3,5,18H,4H2,1H3. The van der Waals surface area contributed by atoms with Crippen molar-refractivity contribution in [2.24, 2.45) is 0 Å². The molecule has 0 bridgehead atoms. The van der Waals surface area contributed by atoms with E-state index in [0.29, 0.717) is 19.4 Å². The van der Waals surface area contributed by atoms with Gasteiger partial charge in [-0.3, -0.25) is 0 Å². The first kappa shape index (κ1) is 19.3. The Bertz CT molecular complexity index is 856. The van der Waals surface area contributed by atoms with Crippen LogP contribution in [0.1, 0.15) is 10.4 Å². The number of thiazole rings is 1. The van der Waals surface area contributed by atoms with Crippen molar-refractivity contribution in [2.45, 2.75) is 19.0 Å². The Labute approximate surface area is 153 Å². The lowest BCUT2D eigenvalue weighted by molar-refractivity contribution is -0.0499. The van der Waals surface area contributed by atoms with Gasteiger partial charge in [0, 0.05) is 15.5 Å². The molecule has 1 aromatic heterocycles. The van der Waals surface area contributed by atoms with Crippen molar-refractivity contribution < 1.29 is 25.8 Å². The molecule has 1 heterocycles. The van der Waals surface area contributed by atoms with E-state index >= 15 is 0 Å². The maximum Gasteiger partial charge on any atom is 0.534 e. The first-order valence-corrected chi connectivity index (χ1v) is 9.54. The molecule has 0 saturated heterocycles. The number of anilines is 1. The summed E-state index contributed by atoms with van der Waals surface area (Å²) < 4.78 is 65.2. The smallest absolute Gasteiger partial charge is 0.377 e. The summed E-state index contributed by atoms with van der Waals surface area (Å²) in [5.74, 6) is -0.455. The first-order valence-electron chi connectivity index (χ1n) is 6.14. The van der Waals surface area contributed by atoms with Crippen molar-refractivity contribution >= 4 is 54.7 Å². The Balaban J connectivity index is 2.31. The number of halogens is 5. The zero-order valence-electron chi connectivity index (χ0n) is 11.8. The minimum absolute atomic E-state index is 0.0739. The van der Waals surface area contributed by atoms with Crippen LogP contribution in [0.2, 0.25) is 4.47 Å². The maximum atomic E-state index is 12.5. The second kappa shape index (κ2) is 7.06. The average molecular weight is 466 g/mol. The highest BCUT2D eigenvalue weighted by Gasteiger charge is 2.48. The summed E-state index contributed by atoms with van der Waals surface area (Å²) in [5, 5.41) is 2.81. The number of nitrogens with one attached hydrogen (secondary N) is 1. The van der Waals surface area contributed by atoms with E-state index in [1.165, 1.54) is 29.7 Å². The van der Waals surface area contributed by atoms with Gasteiger partial charge in [0.25, 0.3) is 0 Å². The summed E-state index contributed by atoms with van der Waals surface area (Å²) in [6.07, 6.45) is 1.50. The number of benzene rings is 1. The van der Waals surface area contributed by atoms with Crippen molar-refractivity contribution in [1.82, 2.24) is 4.98 Å². The Kier molecular flexibility index (Phi) is 5.68. The van der Waals surface area contributed by atoms with E-state index in [0.717, 1.165) is 0 Å². The molecule has 0 aliphatic heterocycles. The van der Waals surface area contributed by atoms with Gasteiger partial charge < -0.3 is 9.50 Å². The van der Waals surface area contributed by atoms with Crippen LogP contribution in [0, 0.1) is 6.92 Å². The summed E-state index contributed by atoms with van der Waals surface area (Å²) in [6.45, 7) is 1.77. The predicted molar refractivity (Wildman–Crippen MR) is 88.9 cm³/mol. The van der Waals surface area contributed by atoms with Crippen LogP contribution in [0.3, 0.4) is 0 Å². The van der Waals surface area contributed by atoms with E-state index in [9.17, 15) is 21.6 Å². The molecule has 0 amide bonds. The molecular weight excluding hydrogens is 457 g/mol. The van der Waals surface area contributed by atoms with Gasteiger partial charge in [0.05, 0.1) is 12.2 Å². The topological polar surface area (TPSA) is 68.3 Å². The Morgan fingerprint density at radius 1 is 1.42 bits per heavy atom. The predicted octanol–water partition coefficient (Wildman–Crippen LogP) is 4.71. The van der Waals surface area contributed by atoms with Crippen LogP contribution < -0.4 is 9.50 Å². The second-order valence-corrected chi connectivity index (χ2v) is 8.60. The monoisotopic (exact) mass is 464 g/mol. The summed E-state index contributed by atoms with van der Waals surface area (Å²) in [7, 11) is -5.77. The number of aromatic nitrogens is 1. The molecule has 0 aliphatic rings. The molecule has 5 nitrogen and oxygen atoms in total. The van der Waals surface area contributed by atoms with Gasteiger partial charge in [0.1, 0.15) is 0 Å². The third kappa shape index (κ3) is 4.52. The largest absolute Gasteiger partial charge is 0.534 e. The van der Waals surface area contributed by atoms with Gasteiger partial charge in [0.15, 0.2) is 10.2 Å². The van der Waals surface area contributed by atoms with Gasteiger partial charge in [-0.15, -0.1) is 11.3 Å². The molecule has 132 valence electrons. The maximum absolute atomic E-state index is 12.5. The Hall–Kier alpha value is -1.04. The number of alkyl halides is 3. The summed E-state index contributed by atoms with van der Waals surface area (Å²) >= 11 is 10.1. The van der Waals surface area contributed by atoms with Gasteiger partial charge in [-0.2, -0.15) is 21.6 Å². The van der Waals surface area contributed by atoms with E-state index < -0.39 is 21.4 Å². The molecule has 0 atom stereocenters. The Morgan fingerprint density at radius 2 is 2.08 bits per heavy atom. The van der Waals surface area contributed by atoms with Crippen LogP contribution in [-0.4, -0.2) is 18.9 Å².